The van der Waals surface area contributed by atoms with Crippen molar-refractivity contribution in [3.05, 3.63) is 29.3 Å². The average molecular weight is 321 g/mol. The molecule has 0 radical (unpaired) electrons. The van der Waals surface area contributed by atoms with Gasteiger partial charge in [0.2, 0.25) is 0 Å². The van der Waals surface area contributed by atoms with E-state index in [4.69, 9.17) is 14.2 Å². The summed E-state index contributed by atoms with van der Waals surface area (Å²) in [5.41, 5.74) is 2.09. The number of ether oxygens (including phenoxy) is 3. The van der Waals surface area contributed by atoms with Gasteiger partial charge in [0.25, 0.3) is 0 Å². The molecule has 0 spiro atoms. The van der Waals surface area contributed by atoms with E-state index in [0.717, 1.165) is 36.1 Å². The highest BCUT2D eigenvalue weighted by molar-refractivity contribution is 5.64. The normalized spacial score (nSPS) is 19.7. The number of aryl methyl sites for hydroxylation is 1. The van der Waals surface area contributed by atoms with E-state index in [9.17, 15) is 9.90 Å². The number of carbonyl (C=O) groups is 1. The number of carboxylic acid groups (broad SMARTS) is 1. The zero-order chi connectivity index (χ0) is 16.9. The van der Waals surface area contributed by atoms with E-state index in [1.165, 1.54) is 0 Å². The summed E-state index contributed by atoms with van der Waals surface area (Å²) in [5, 5.41) is 10.7. The molecule has 1 fully saturated rings. The minimum absolute atomic E-state index is 0.0218. The molecule has 1 aromatic rings. The Morgan fingerprint density at radius 1 is 1.39 bits per heavy atom. The van der Waals surface area contributed by atoms with Crippen LogP contribution >= 0.6 is 0 Å². The first-order valence-corrected chi connectivity index (χ1v) is 8.07. The van der Waals surface area contributed by atoms with Crippen molar-refractivity contribution in [2.45, 2.75) is 57.8 Å². The molecule has 5 heteroatoms. The molecule has 0 aliphatic carbocycles. The minimum atomic E-state index is -1.03. The lowest BCUT2D eigenvalue weighted by Gasteiger charge is -2.18. The molecule has 1 heterocycles. The molecule has 1 saturated heterocycles. The summed E-state index contributed by atoms with van der Waals surface area (Å²) in [7, 11) is 1.64. The molecule has 1 aromatic carbocycles. The van der Waals surface area contributed by atoms with Crippen LogP contribution < -0.4 is 9.84 Å². The largest absolute Gasteiger partial charge is 0.550 e. The lowest BCUT2D eigenvalue weighted by atomic mass is 9.96. The van der Waals surface area contributed by atoms with Crippen LogP contribution in [0.5, 0.6) is 5.75 Å². The van der Waals surface area contributed by atoms with Gasteiger partial charge in [0.05, 0.1) is 19.8 Å². The topological polar surface area (TPSA) is 67.8 Å². The fourth-order valence-electron chi connectivity index (χ4n) is 2.97. The van der Waals surface area contributed by atoms with Crippen LogP contribution in [0.3, 0.4) is 0 Å². The van der Waals surface area contributed by atoms with Gasteiger partial charge in [-0.15, -0.1) is 0 Å². The van der Waals surface area contributed by atoms with Crippen LogP contribution in [0.1, 0.15) is 44.2 Å². The number of carbonyl (C=O) groups excluding carboxylic acids is 1. The van der Waals surface area contributed by atoms with E-state index in [-0.39, 0.29) is 12.5 Å². The Bertz CT molecular complexity index is 538. The molecule has 1 unspecified atom stereocenters. The Morgan fingerprint density at radius 2 is 2.17 bits per heavy atom. The molecule has 0 aromatic heterocycles. The van der Waals surface area contributed by atoms with E-state index in [1.807, 2.05) is 32.0 Å². The summed E-state index contributed by atoms with van der Waals surface area (Å²) in [5.74, 6) is -0.711. The monoisotopic (exact) mass is 321 g/mol. The van der Waals surface area contributed by atoms with Gasteiger partial charge in [0, 0.05) is 5.97 Å². The summed E-state index contributed by atoms with van der Waals surface area (Å²) in [6, 6.07) is 5.76. The van der Waals surface area contributed by atoms with Crippen LogP contribution in [0.2, 0.25) is 0 Å². The molecular weight excluding hydrogens is 296 g/mol. The second-order valence-corrected chi connectivity index (χ2v) is 6.31. The standard InChI is InChI=1S/C18H26O5/c1-18(2)22-12-14(23-18)7-5-8-15-13(10-11-17(19)20)6-4-9-16(15)21-3/h4,6,9,14H,5,7-8,10-12H2,1-3H3,(H,19,20)/p-1. The summed E-state index contributed by atoms with van der Waals surface area (Å²) < 4.78 is 16.8. The van der Waals surface area contributed by atoms with Crippen molar-refractivity contribution in [1.82, 2.24) is 0 Å². The molecular formula is C18H25O5-. The van der Waals surface area contributed by atoms with Gasteiger partial charge in [0.15, 0.2) is 5.79 Å². The molecule has 2 rings (SSSR count). The van der Waals surface area contributed by atoms with Gasteiger partial charge in [-0.3, -0.25) is 0 Å². The highest BCUT2D eigenvalue weighted by Gasteiger charge is 2.32. The Balaban J connectivity index is 1.96. The predicted octanol–water partition coefficient (Wildman–Crippen LogP) is 1.85. The van der Waals surface area contributed by atoms with Gasteiger partial charge < -0.3 is 24.1 Å². The maximum Gasteiger partial charge on any atom is 0.163 e. The summed E-state index contributed by atoms with van der Waals surface area (Å²) in [6.07, 6.45) is 3.27. The zero-order valence-corrected chi connectivity index (χ0v) is 14.1. The lowest BCUT2D eigenvalue weighted by Crippen LogP contribution is -2.22. The second-order valence-electron chi connectivity index (χ2n) is 6.31. The van der Waals surface area contributed by atoms with E-state index in [1.54, 1.807) is 7.11 Å². The Kier molecular flexibility index (Phi) is 6.02. The first kappa shape index (κ1) is 17.8. The first-order valence-electron chi connectivity index (χ1n) is 8.07. The van der Waals surface area contributed by atoms with Gasteiger partial charge >= 0.3 is 0 Å². The van der Waals surface area contributed by atoms with Crippen LogP contribution in [-0.2, 0) is 27.1 Å². The number of aliphatic carboxylic acids is 1. The molecule has 1 atom stereocenters. The predicted molar refractivity (Wildman–Crippen MR) is 84.2 cm³/mol. The fraction of sp³-hybridized carbons (Fsp3) is 0.611. The third-order valence-corrected chi connectivity index (χ3v) is 4.07. The second kappa shape index (κ2) is 7.79. The van der Waals surface area contributed by atoms with Crippen molar-refractivity contribution < 1.29 is 24.1 Å². The molecule has 0 N–H and O–H groups in total. The molecule has 0 saturated carbocycles. The zero-order valence-electron chi connectivity index (χ0n) is 14.1. The summed E-state index contributed by atoms with van der Waals surface area (Å²) >= 11 is 0. The molecule has 0 bridgehead atoms. The summed E-state index contributed by atoms with van der Waals surface area (Å²) in [6.45, 7) is 4.47. The van der Waals surface area contributed by atoms with E-state index in [0.29, 0.717) is 13.0 Å². The fourth-order valence-corrected chi connectivity index (χ4v) is 2.97. The van der Waals surface area contributed by atoms with Gasteiger partial charge in [0.1, 0.15) is 5.75 Å². The Hall–Kier alpha value is -1.59. The van der Waals surface area contributed by atoms with Crippen molar-refractivity contribution in [3.63, 3.8) is 0 Å². The molecule has 1 aliphatic rings. The number of rotatable bonds is 8. The van der Waals surface area contributed by atoms with E-state index >= 15 is 0 Å². The van der Waals surface area contributed by atoms with Crippen LogP contribution in [-0.4, -0.2) is 31.6 Å². The third kappa shape index (κ3) is 5.22. The van der Waals surface area contributed by atoms with E-state index in [2.05, 4.69) is 0 Å². The van der Waals surface area contributed by atoms with Crippen LogP contribution in [0.4, 0.5) is 0 Å². The number of hydrogen-bond donors (Lipinski definition) is 0. The van der Waals surface area contributed by atoms with Crippen molar-refractivity contribution in [2.75, 3.05) is 13.7 Å². The van der Waals surface area contributed by atoms with Crippen molar-refractivity contribution in [2.24, 2.45) is 0 Å². The smallest absolute Gasteiger partial charge is 0.163 e. The molecule has 5 nitrogen and oxygen atoms in total. The van der Waals surface area contributed by atoms with Gasteiger partial charge in [-0.1, -0.05) is 12.1 Å². The number of methoxy groups -OCH3 is 1. The van der Waals surface area contributed by atoms with Crippen LogP contribution in [0, 0.1) is 0 Å². The molecule has 128 valence electrons. The molecule has 23 heavy (non-hydrogen) atoms. The number of carboxylic acids is 1. The van der Waals surface area contributed by atoms with Crippen molar-refractivity contribution >= 4 is 5.97 Å². The van der Waals surface area contributed by atoms with Gasteiger partial charge in [-0.2, -0.15) is 0 Å². The first-order chi connectivity index (χ1) is 10.9. The Labute approximate surface area is 137 Å². The molecule has 0 amide bonds. The van der Waals surface area contributed by atoms with Gasteiger partial charge in [-0.05, 0) is 63.1 Å². The molecule has 1 aliphatic heterocycles. The van der Waals surface area contributed by atoms with Crippen molar-refractivity contribution in [1.29, 1.82) is 0 Å². The highest BCUT2D eigenvalue weighted by Crippen LogP contribution is 2.28. The van der Waals surface area contributed by atoms with Gasteiger partial charge in [-0.25, -0.2) is 0 Å². The number of benzene rings is 1. The minimum Gasteiger partial charge on any atom is -0.550 e. The highest BCUT2D eigenvalue weighted by atomic mass is 16.7. The maximum absolute atomic E-state index is 10.7. The van der Waals surface area contributed by atoms with E-state index < -0.39 is 11.8 Å². The SMILES string of the molecule is COc1cccc(CCC(=O)[O-])c1CCCC1COC(C)(C)O1. The quantitative estimate of drug-likeness (QED) is 0.731. The maximum atomic E-state index is 10.7. The van der Waals surface area contributed by atoms with Crippen LogP contribution in [0.25, 0.3) is 0 Å². The third-order valence-electron chi connectivity index (χ3n) is 4.07. The average Bonchev–Trinajstić information content (AvgIpc) is 2.85. The summed E-state index contributed by atoms with van der Waals surface area (Å²) in [4.78, 5) is 10.7. The van der Waals surface area contributed by atoms with Crippen molar-refractivity contribution in [3.8, 4) is 5.75 Å². The van der Waals surface area contributed by atoms with Crippen LogP contribution in [0.15, 0.2) is 18.2 Å². The lowest BCUT2D eigenvalue weighted by molar-refractivity contribution is -0.305. The number of hydrogen-bond acceptors (Lipinski definition) is 5. The Morgan fingerprint density at radius 3 is 2.78 bits per heavy atom.